The number of hydrogen-bond donors (Lipinski definition) is 2. The van der Waals surface area contributed by atoms with Gasteiger partial charge in [-0.2, -0.15) is 0 Å². The molecule has 0 unspecified atom stereocenters. The molecule has 0 atom stereocenters. The summed E-state index contributed by atoms with van der Waals surface area (Å²) in [7, 11) is 0. The topological polar surface area (TPSA) is 72.9 Å². The Kier molecular flexibility index (Phi) is 6.10. The van der Waals surface area contributed by atoms with Crippen molar-refractivity contribution in [2.24, 2.45) is 0 Å². The highest BCUT2D eigenvalue weighted by Gasteiger charge is 2.20. The van der Waals surface area contributed by atoms with Gasteiger partial charge in [-0.3, -0.25) is 4.79 Å². The van der Waals surface area contributed by atoms with Crippen molar-refractivity contribution < 1.29 is 14.7 Å². The van der Waals surface area contributed by atoms with E-state index in [9.17, 15) is 9.59 Å². The zero-order valence-corrected chi connectivity index (χ0v) is 14.0. The first-order valence-electron chi connectivity index (χ1n) is 7.73. The number of benzene rings is 1. The van der Waals surface area contributed by atoms with Gasteiger partial charge >= 0.3 is 12.0 Å². The number of carboxylic acid groups (broad SMARTS) is 1. The number of urea groups is 1. The molecule has 23 heavy (non-hydrogen) atoms. The molecule has 1 aliphatic heterocycles. The van der Waals surface area contributed by atoms with Crippen molar-refractivity contribution in [3.05, 3.63) is 28.8 Å². The van der Waals surface area contributed by atoms with Crippen molar-refractivity contribution in [1.29, 1.82) is 0 Å². The fourth-order valence-electron chi connectivity index (χ4n) is 2.69. The lowest BCUT2D eigenvalue weighted by Gasteiger charge is -2.25. The van der Waals surface area contributed by atoms with Crippen LogP contribution in [0.5, 0.6) is 0 Å². The maximum Gasteiger partial charge on any atom is 0.317 e. The fraction of sp³-hybridized carbons (Fsp3) is 0.500. The summed E-state index contributed by atoms with van der Waals surface area (Å²) in [6, 6.07) is 5.66. The van der Waals surface area contributed by atoms with Gasteiger partial charge in [0.2, 0.25) is 0 Å². The Hall–Kier alpha value is -1.95. The first kappa shape index (κ1) is 17.4. The van der Waals surface area contributed by atoms with Crippen LogP contribution in [0.15, 0.2) is 18.2 Å². The second-order valence-corrected chi connectivity index (χ2v) is 5.99. The lowest BCUT2D eigenvalue weighted by Crippen LogP contribution is -2.42. The monoisotopic (exact) mass is 339 g/mol. The number of carbonyl (C=O) groups is 2. The minimum absolute atomic E-state index is 0.0621. The van der Waals surface area contributed by atoms with Crippen molar-refractivity contribution >= 4 is 29.3 Å². The van der Waals surface area contributed by atoms with Crippen LogP contribution in [0.4, 0.5) is 10.5 Å². The molecule has 2 amide bonds. The standard InChI is InChI=1S/C16H22ClN3O3/c1-12-13(17)4-2-5-14(12)19-8-3-9-20(11-10-19)16(23)18-7-6-15(21)22/h2,4-5H,3,6-11H2,1H3,(H,18,23)(H,21,22). The Labute approximate surface area is 141 Å². The maximum absolute atomic E-state index is 12.1. The molecule has 2 rings (SSSR count). The molecule has 7 heteroatoms. The quantitative estimate of drug-likeness (QED) is 0.883. The average Bonchev–Trinajstić information content (AvgIpc) is 2.75. The number of carboxylic acids is 1. The number of amides is 2. The van der Waals surface area contributed by atoms with Gasteiger partial charge in [-0.1, -0.05) is 17.7 Å². The molecule has 0 aliphatic carbocycles. The summed E-state index contributed by atoms with van der Waals surface area (Å²) in [5, 5.41) is 12.0. The zero-order chi connectivity index (χ0) is 16.8. The number of halogens is 1. The summed E-state index contributed by atoms with van der Waals surface area (Å²) >= 11 is 6.19. The van der Waals surface area contributed by atoms with Crippen LogP contribution in [-0.4, -0.2) is 54.7 Å². The molecule has 0 radical (unpaired) electrons. The average molecular weight is 340 g/mol. The van der Waals surface area contributed by atoms with Crippen molar-refractivity contribution in [2.75, 3.05) is 37.6 Å². The summed E-state index contributed by atoms with van der Waals surface area (Å²) in [6.45, 7) is 5.01. The molecule has 1 aliphatic rings. The Bertz CT molecular complexity index is 580. The van der Waals surface area contributed by atoms with E-state index in [1.54, 1.807) is 4.90 Å². The van der Waals surface area contributed by atoms with Crippen LogP contribution in [-0.2, 0) is 4.79 Å². The predicted octanol–water partition coefficient (Wildman–Crippen LogP) is 2.34. The van der Waals surface area contributed by atoms with Gasteiger partial charge in [0.15, 0.2) is 0 Å². The number of hydrogen-bond acceptors (Lipinski definition) is 3. The largest absolute Gasteiger partial charge is 0.481 e. The number of nitrogens with one attached hydrogen (secondary N) is 1. The number of aliphatic carboxylic acids is 1. The van der Waals surface area contributed by atoms with Gasteiger partial charge < -0.3 is 20.2 Å². The first-order chi connectivity index (χ1) is 11.0. The number of nitrogens with zero attached hydrogens (tertiary/aromatic N) is 2. The molecule has 1 aromatic rings. The molecule has 2 N–H and O–H groups in total. The van der Waals surface area contributed by atoms with E-state index in [4.69, 9.17) is 16.7 Å². The number of carbonyl (C=O) groups excluding carboxylic acids is 1. The van der Waals surface area contributed by atoms with Crippen molar-refractivity contribution in [2.45, 2.75) is 19.8 Å². The third-order valence-corrected chi connectivity index (χ3v) is 4.39. The summed E-state index contributed by atoms with van der Waals surface area (Å²) in [5.41, 5.74) is 2.15. The van der Waals surface area contributed by atoms with Gasteiger partial charge in [-0.25, -0.2) is 4.79 Å². The van der Waals surface area contributed by atoms with E-state index in [0.717, 1.165) is 35.8 Å². The third-order valence-electron chi connectivity index (χ3n) is 3.98. The second kappa shape index (κ2) is 8.06. The summed E-state index contributed by atoms with van der Waals surface area (Å²) < 4.78 is 0. The molecule has 0 saturated carbocycles. The molecule has 1 heterocycles. The molecular formula is C16H22ClN3O3. The highest BCUT2D eigenvalue weighted by molar-refractivity contribution is 6.31. The van der Waals surface area contributed by atoms with Gasteiger partial charge in [0.1, 0.15) is 0 Å². The molecule has 0 bridgehead atoms. The van der Waals surface area contributed by atoms with Crippen molar-refractivity contribution in [3.63, 3.8) is 0 Å². The molecule has 126 valence electrons. The Morgan fingerprint density at radius 2 is 2.04 bits per heavy atom. The van der Waals surface area contributed by atoms with Crippen LogP contribution in [0.1, 0.15) is 18.4 Å². The molecular weight excluding hydrogens is 318 g/mol. The van der Waals surface area contributed by atoms with Crippen LogP contribution in [0.25, 0.3) is 0 Å². The molecule has 1 fully saturated rings. The van der Waals surface area contributed by atoms with E-state index >= 15 is 0 Å². The van der Waals surface area contributed by atoms with Gasteiger partial charge in [-0.15, -0.1) is 0 Å². The Morgan fingerprint density at radius 3 is 2.78 bits per heavy atom. The van der Waals surface area contributed by atoms with Crippen LogP contribution in [0.3, 0.4) is 0 Å². The van der Waals surface area contributed by atoms with Crippen molar-refractivity contribution in [1.82, 2.24) is 10.2 Å². The minimum atomic E-state index is -0.913. The molecule has 6 nitrogen and oxygen atoms in total. The molecule has 0 spiro atoms. The summed E-state index contributed by atoms with van der Waals surface area (Å²) in [6.07, 6.45) is 0.797. The van der Waals surface area contributed by atoms with Gasteiger partial charge in [0.05, 0.1) is 6.42 Å². The van der Waals surface area contributed by atoms with Crippen LogP contribution in [0.2, 0.25) is 5.02 Å². The Morgan fingerprint density at radius 1 is 1.26 bits per heavy atom. The smallest absolute Gasteiger partial charge is 0.317 e. The third kappa shape index (κ3) is 4.76. The summed E-state index contributed by atoms with van der Waals surface area (Å²) in [4.78, 5) is 26.5. The highest BCUT2D eigenvalue weighted by atomic mass is 35.5. The Balaban J connectivity index is 1.93. The van der Waals surface area contributed by atoms with Crippen LogP contribution < -0.4 is 10.2 Å². The van der Waals surface area contributed by atoms with E-state index in [2.05, 4.69) is 10.2 Å². The van der Waals surface area contributed by atoms with E-state index in [1.807, 2.05) is 25.1 Å². The van der Waals surface area contributed by atoms with Crippen molar-refractivity contribution in [3.8, 4) is 0 Å². The maximum atomic E-state index is 12.1. The molecule has 1 aromatic carbocycles. The zero-order valence-electron chi connectivity index (χ0n) is 13.2. The van der Waals surface area contributed by atoms with Gasteiger partial charge in [0, 0.05) is 43.4 Å². The number of anilines is 1. The van der Waals surface area contributed by atoms with E-state index < -0.39 is 5.97 Å². The fourth-order valence-corrected chi connectivity index (χ4v) is 2.86. The molecule has 1 saturated heterocycles. The summed E-state index contributed by atoms with van der Waals surface area (Å²) in [5.74, 6) is -0.913. The lowest BCUT2D eigenvalue weighted by molar-refractivity contribution is -0.136. The normalized spacial score (nSPS) is 15.2. The van der Waals surface area contributed by atoms with E-state index in [0.29, 0.717) is 13.1 Å². The number of rotatable bonds is 4. The van der Waals surface area contributed by atoms with E-state index in [-0.39, 0.29) is 19.0 Å². The minimum Gasteiger partial charge on any atom is -0.481 e. The predicted molar refractivity (Wildman–Crippen MR) is 90.2 cm³/mol. The van der Waals surface area contributed by atoms with Gasteiger partial charge in [0.25, 0.3) is 0 Å². The van der Waals surface area contributed by atoms with Crippen LogP contribution in [0, 0.1) is 6.92 Å². The second-order valence-electron chi connectivity index (χ2n) is 5.59. The highest BCUT2D eigenvalue weighted by Crippen LogP contribution is 2.27. The van der Waals surface area contributed by atoms with E-state index in [1.165, 1.54) is 0 Å². The lowest BCUT2D eigenvalue weighted by atomic mass is 10.1. The molecule has 0 aromatic heterocycles. The van der Waals surface area contributed by atoms with Crippen LogP contribution >= 0.6 is 11.6 Å². The first-order valence-corrected chi connectivity index (χ1v) is 8.11. The SMILES string of the molecule is Cc1c(Cl)cccc1N1CCCN(C(=O)NCCC(=O)O)CC1. The van der Waals surface area contributed by atoms with Gasteiger partial charge in [-0.05, 0) is 31.0 Å².